The first-order valence-corrected chi connectivity index (χ1v) is 7.41. The minimum Gasteiger partial charge on any atom is -0.496 e. The molecule has 0 atom stereocenters. The summed E-state index contributed by atoms with van der Waals surface area (Å²) in [4.78, 5) is 0. The van der Waals surface area contributed by atoms with Crippen molar-refractivity contribution < 1.29 is 4.74 Å². The highest BCUT2D eigenvalue weighted by atomic mass is 32.1. The van der Waals surface area contributed by atoms with Crippen molar-refractivity contribution in [1.82, 2.24) is 14.9 Å². The highest BCUT2D eigenvalue weighted by molar-refractivity contribution is 7.71. The van der Waals surface area contributed by atoms with E-state index in [1.165, 1.54) is 0 Å². The molecule has 0 amide bonds. The number of aromatic amines is 1. The molecule has 0 fully saturated rings. The number of H-pyrrole nitrogens is 1. The molecule has 5 nitrogen and oxygen atoms in total. The Labute approximate surface area is 133 Å². The van der Waals surface area contributed by atoms with Crippen molar-refractivity contribution in [2.45, 2.75) is 13.3 Å². The summed E-state index contributed by atoms with van der Waals surface area (Å²) < 4.78 is 7.57. The van der Waals surface area contributed by atoms with Gasteiger partial charge >= 0.3 is 0 Å². The summed E-state index contributed by atoms with van der Waals surface area (Å²) in [6.45, 7) is 2.01. The summed E-state index contributed by atoms with van der Waals surface area (Å²) in [6, 6.07) is 12.1. The number of hydrogen-bond donors (Lipinski definition) is 1. The van der Waals surface area contributed by atoms with E-state index in [9.17, 15) is 0 Å². The lowest BCUT2D eigenvalue weighted by molar-refractivity contribution is 0.415. The lowest BCUT2D eigenvalue weighted by atomic mass is 10.0. The van der Waals surface area contributed by atoms with Gasteiger partial charge in [0.2, 0.25) is 4.77 Å². The summed E-state index contributed by atoms with van der Waals surface area (Å²) in [5.41, 5.74) is 0.922. The lowest BCUT2D eigenvalue weighted by Crippen LogP contribution is -1.99. The van der Waals surface area contributed by atoms with E-state index in [0.29, 0.717) is 4.77 Å². The SMILES string of the molecule is CCc1n[nH]c(=S)n1/N=C/c1c(OC)ccc2ccccc12. The molecular weight excluding hydrogens is 296 g/mol. The number of ether oxygens (including phenoxy) is 1. The number of aromatic nitrogens is 3. The van der Waals surface area contributed by atoms with Gasteiger partial charge in [0.1, 0.15) is 5.75 Å². The largest absolute Gasteiger partial charge is 0.496 e. The van der Waals surface area contributed by atoms with Gasteiger partial charge in [-0.05, 0) is 29.1 Å². The number of nitrogens with zero attached hydrogens (tertiary/aromatic N) is 3. The van der Waals surface area contributed by atoms with Gasteiger partial charge in [-0.25, -0.2) is 0 Å². The molecule has 0 aliphatic carbocycles. The summed E-state index contributed by atoms with van der Waals surface area (Å²) in [7, 11) is 1.66. The van der Waals surface area contributed by atoms with Crippen LogP contribution in [0.3, 0.4) is 0 Å². The molecule has 1 heterocycles. The van der Waals surface area contributed by atoms with Gasteiger partial charge in [0.25, 0.3) is 0 Å². The van der Waals surface area contributed by atoms with Crippen LogP contribution in [0.15, 0.2) is 41.5 Å². The number of methoxy groups -OCH3 is 1. The van der Waals surface area contributed by atoms with Gasteiger partial charge in [0.05, 0.1) is 13.3 Å². The highest BCUT2D eigenvalue weighted by Crippen LogP contribution is 2.26. The van der Waals surface area contributed by atoms with Crippen molar-refractivity contribution in [3.05, 3.63) is 52.6 Å². The van der Waals surface area contributed by atoms with Crippen LogP contribution in [0.1, 0.15) is 18.3 Å². The maximum Gasteiger partial charge on any atom is 0.216 e. The third-order valence-corrected chi connectivity index (χ3v) is 3.75. The molecule has 2 aromatic carbocycles. The zero-order chi connectivity index (χ0) is 15.5. The van der Waals surface area contributed by atoms with Crippen molar-refractivity contribution in [2.24, 2.45) is 5.10 Å². The number of hydrogen-bond acceptors (Lipinski definition) is 4. The van der Waals surface area contributed by atoms with Gasteiger partial charge in [0, 0.05) is 12.0 Å². The van der Waals surface area contributed by atoms with Gasteiger partial charge in [-0.2, -0.15) is 14.9 Å². The predicted molar refractivity (Wildman–Crippen MR) is 90.3 cm³/mol. The zero-order valence-corrected chi connectivity index (χ0v) is 13.2. The van der Waals surface area contributed by atoms with E-state index < -0.39 is 0 Å². The molecule has 0 bridgehead atoms. The van der Waals surface area contributed by atoms with Gasteiger partial charge in [0.15, 0.2) is 5.82 Å². The second-order valence-corrected chi connectivity index (χ2v) is 5.14. The van der Waals surface area contributed by atoms with Crippen LogP contribution in [0.25, 0.3) is 10.8 Å². The van der Waals surface area contributed by atoms with Crippen LogP contribution in [-0.4, -0.2) is 28.2 Å². The van der Waals surface area contributed by atoms with Crippen LogP contribution in [0.2, 0.25) is 0 Å². The first-order chi connectivity index (χ1) is 10.7. The van der Waals surface area contributed by atoms with E-state index in [1.54, 1.807) is 18.0 Å². The summed E-state index contributed by atoms with van der Waals surface area (Å²) in [5.74, 6) is 1.57. The van der Waals surface area contributed by atoms with E-state index in [2.05, 4.69) is 27.4 Å². The van der Waals surface area contributed by atoms with Crippen molar-refractivity contribution >= 4 is 29.2 Å². The molecule has 3 rings (SSSR count). The second-order valence-electron chi connectivity index (χ2n) is 4.76. The fraction of sp³-hybridized carbons (Fsp3) is 0.188. The molecule has 3 aromatic rings. The number of nitrogens with one attached hydrogen (secondary N) is 1. The molecule has 0 unspecified atom stereocenters. The van der Waals surface area contributed by atoms with E-state index in [1.807, 2.05) is 31.2 Å². The monoisotopic (exact) mass is 312 g/mol. The van der Waals surface area contributed by atoms with Gasteiger partial charge < -0.3 is 4.74 Å². The predicted octanol–water partition coefficient (Wildman–Crippen LogP) is 3.55. The maximum atomic E-state index is 5.46. The van der Waals surface area contributed by atoms with Crippen LogP contribution in [-0.2, 0) is 6.42 Å². The van der Waals surface area contributed by atoms with Gasteiger partial charge in [-0.3, -0.25) is 5.10 Å². The fourth-order valence-electron chi connectivity index (χ4n) is 2.37. The minimum absolute atomic E-state index is 0.479. The van der Waals surface area contributed by atoms with Crippen molar-refractivity contribution in [2.75, 3.05) is 7.11 Å². The minimum atomic E-state index is 0.479. The van der Waals surface area contributed by atoms with Crippen LogP contribution >= 0.6 is 12.2 Å². The fourth-order valence-corrected chi connectivity index (χ4v) is 2.57. The van der Waals surface area contributed by atoms with E-state index in [-0.39, 0.29) is 0 Å². The Morgan fingerprint density at radius 3 is 2.91 bits per heavy atom. The topological polar surface area (TPSA) is 55.2 Å². The maximum absolute atomic E-state index is 5.46. The molecule has 0 aliphatic heterocycles. The number of aryl methyl sites for hydroxylation is 1. The van der Waals surface area contributed by atoms with Crippen molar-refractivity contribution in [3.8, 4) is 5.75 Å². The Kier molecular flexibility index (Phi) is 4.02. The standard InChI is InChI=1S/C16H16N4OS/c1-3-15-18-19-16(22)20(15)17-10-13-12-7-5-4-6-11(12)8-9-14(13)21-2/h4-10H,3H2,1-2H3,(H,19,22)/b17-10+. The van der Waals surface area contributed by atoms with Crippen LogP contribution in [0, 0.1) is 4.77 Å². The quantitative estimate of drug-likeness (QED) is 0.592. The van der Waals surface area contributed by atoms with Crippen LogP contribution in [0.4, 0.5) is 0 Å². The Hall–Kier alpha value is -2.47. The molecule has 6 heteroatoms. The lowest BCUT2D eigenvalue weighted by Gasteiger charge is -2.08. The van der Waals surface area contributed by atoms with Crippen molar-refractivity contribution in [1.29, 1.82) is 0 Å². The molecule has 1 aromatic heterocycles. The van der Waals surface area contributed by atoms with Gasteiger partial charge in [-0.1, -0.05) is 37.3 Å². The number of benzene rings is 2. The Morgan fingerprint density at radius 1 is 1.32 bits per heavy atom. The average Bonchev–Trinajstić information content (AvgIpc) is 2.92. The van der Waals surface area contributed by atoms with E-state index in [0.717, 1.165) is 34.3 Å². The Bertz CT molecular complexity index is 895. The Balaban J connectivity index is 2.15. The first kappa shape index (κ1) is 14.5. The smallest absolute Gasteiger partial charge is 0.216 e. The normalized spacial score (nSPS) is 11.4. The zero-order valence-electron chi connectivity index (χ0n) is 12.4. The number of rotatable bonds is 4. The van der Waals surface area contributed by atoms with Crippen LogP contribution in [0.5, 0.6) is 5.75 Å². The molecule has 1 N–H and O–H groups in total. The van der Waals surface area contributed by atoms with Crippen molar-refractivity contribution in [3.63, 3.8) is 0 Å². The average molecular weight is 312 g/mol. The molecule has 22 heavy (non-hydrogen) atoms. The summed E-state index contributed by atoms with van der Waals surface area (Å²) in [5, 5.41) is 13.6. The van der Waals surface area contributed by atoms with E-state index >= 15 is 0 Å². The second kappa shape index (κ2) is 6.11. The van der Waals surface area contributed by atoms with Gasteiger partial charge in [-0.15, -0.1) is 0 Å². The third kappa shape index (κ3) is 2.53. The molecule has 0 saturated carbocycles. The molecule has 0 radical (unpaired) electrons. The molecule has 112 valence electrons. The summed E-state index contributed by atoms with van der Waals surface area (Å²) in [6.07, 6.45) is 2.52. The number of fused-ring (bicyclic) bond motifs is 1. The molecule has 0 spiro atoms. The molecule has 0 saturated heterocycles. The van der Waals surface area contributed by atoms with Crippen LogP contribution < -0.4 is 4.74 Å². The molecule has 0 aliphatic rings. The highest BCUT2D eigenvalue weighted by Gasteiger charge is 2.07. The Morgan fingerprint density at radius 2 is 2.14 bits per heavy atom. The molecular formula is C16H16N4OS. The van der Waals surface area contributed by atoms with E-state index in [4.69, 9.17) is 17.0 Å². The summed E-state index contributed by atoms with van der Waals surface area (Å²) >= 11 is 5.21. The third-order valence-electron chi connectivity index (χ3n) is 3.49. The first-order valence-electron chi connectivity index (χ1n) is 7.01.